The molecule has 1 rings (SSSR count). The molecule has 2 nitrogen and oxygen atoms in total. The summed E-state index contributed by atoms with van der Waals surface area (Å²) in [5.41, 5.74) is 0. The molecule has 1 N–H and O–H groups in total. The molecule has 0 radical (unpaired) electrons. The first-order valence-corrected chi connectivity index (χ1v) is 2.15. The third-order valence-corrected chi connectivity index (χ3v) is 1.04. The summed E-state index contributed by atoms with van der Waals surface area (Å²) in [5, 5.41) is 8.58. The SMILES string of the molecule is CN1CC(O)C1.[NaH]. The van der Waals surface area contributed by atoms with E-state index in [9.17, 15) is 0 Å². The Labute approximate surface area is 65.8 Å². The summed E-state index contributed by atoms with van der Waals surface area (Å²) in [6.07, 6.45) is -0.0324. The number of aliphatic hydroxyl groups excluding tert-OH is 1. The van der Waals surface area contributed by atoms with Crippen molar-refractivity contribution in [3.05, 3.63) is 0 Å². The van der Waals surface area contributed by atoms with Crippen LogP contribution in [0.2, 0.25) is 0 Å². The number of aliphatic hydroxyl groups is 1. The molecule has 1 heterocycles. The van der Waals surface area contributed by atoms with Gasteiger partial charge in [0.25, 0.3) is 0 Å². The van der Waals surface area contributed by atoms with Crippen LogP contribution in [0.1, 0.15) is 0 Å². The van der Waals surface area contributed by atoms with Crippen LogP contribution in [0, 0.1) is 0 Å². The van der Waals surface area contributed by atoms with Crippen molar-refractivity contribution in [1.29, 1.82) is 0 Å². The quantitative estimate of drug-likeness (QED) is 0.390. The molecular formula is C4H10NNaO. The van der Waals surface area contributed by atoms with E-state index in [1.54, 1.807) is 0 Å². The van der Waals surface area contributed by atoms with Crippen LogP contribution in [-0.4, -0.2) is 65.8 Å². The van der Waals surface area contributed by atoms with E-state index in [0.717, 1.165) is 13.1 Å². The number of likely N-dealkylation sites (tertiary alicyclic amines) is 1. The van der Waals surface area contributed by atoms with E-state index in [0.29, 0.717) is 0 Å². The van der Waals surface area contributed by atoms with Crippen molar-refractivity contribution in [3.8, 4) is 0 Å². The predicted molar refractivity (Wildman–Crippen MR) is 30.7 cm³/mol. The molecule has 38 valence electrons. The van der Waals surface area contributed by atoms with Gasteiger partial charge in [0.05, 0.1) is 6.10 Å². The first kappa shape index (κ1) is 7.92. The van der Waals surface area contributed by atoms with Gasteiger partial charge >= 0.3 is 29.6 Å². The Kier molecular flexibility index (Phi) is 3.45. The molecule has 0 unspecified atom stereocenters. The standard InChI is InChI=1S/C4H9NO.Na.H/c1-5-2-4(6)3-5;;/h4,6H,2-3H2,1H3;;. The molecule has 0 bridgehead atoms. The molecule has 0 aromatic carbocycles. The predicted octanol–water partition coefficient (Wildman–Crippen LogP) is -1.36. The Morgan fingerprint density at radius 3 is 2.00 bits per heavy atom. The van der Waals surface area contributed by atoms with Crippen molar-refractivity contribution < 1.29 is 5.11 Å². The summed E-state index contributed by atoms with van der Waals surface area (Å²) in [5.74, 6) is 0. The molecule has 1 saturated heterocycles. The molecule has 0 spiro atoms. The molecule has 0 atom stereocenters. The Hall–Kier alpha value is 0.920. The summed E-state index contributed by atoms with van der Waals surface area (Å²) >= 11 is 0. The normalized spacial score (nSPS) is 23.1. The van der Waals surface area contributed by atoms with Crippen molar-refractivity contribution in [2.45, 2.75) is 6.10 Å². The van der Waals surface area contributed by atoms with Gasteiger partial charge in [0.1, 0.15) is 0 Å². The molecule has 7 heavy (non-hydrogen) atoms. The van der Waals surface area contributed by atoms with Gasteiger partial charge in [0.2, 0.25) is 0 Å². The third kappa shape index (κ3) is 2.11. The molecule has 0 aromatic heterocycles. The van der Waals surface area contributed by atoms with Gasteiger partial charge in [-0.25, -0.2) is 0 Å². The Balaban J connectivity index is 0.000000360. The zero-order valence-corrected chi connectivity index (χ0v) is 3.89. The molecule has 3 heteroatoms. The average Bonchev–Trinajstić information content (AvgIpc) is 1.33. The maximum atomic E-state index is 8.58. The van der Waals surface area contributed by atoms with E-state index in [1.165, 1.54) is 0 Å². The van der Waals surface area contributed by atoms with Gasteiger partial charge in [-0.15, -0.1) is 0 Å². The Bertz CT molecular complexity index is 47.7. The molecule has 1 aliphatic heterocycles. The number of rotatable bonds is 0. The molecule has 0 saturated carbocycles. The van der Waals surface area contributed by atoms with Crippen LogP contribution in [0.4, 0.5) is 0 Å². The van der Waals surface area contributed by atoms with Crippen LogP contribution >= 0.6 is 0 Å². The summed E-state index contributed by atoms with van der Waals surface area (Å²) in [4.78, 5) is 2.07. The molecule has 1 aliphatic rings. The van der Waals surface area contributed by atoms with Crippen molar-refractivity contribution in [3.63, 3.8) is 0 Å². The molecule has 1 fully saturated rings. The Morgan fingerprint density at radius 1 is 1.57 bits per heavy atom. The number of β-amino-alcohol motifs (C(OH)–C–C–N with tert-alkyl or cyclic N) is 1. The van der Waals surface area contributed by atoms with E-state index in [4.69, 9.17) is 5.11 Å². The van der Waals surface area contributed by atoms with E-state index in [1.807, 2.05) is 7.05 Å². The average molecular weight is 111 g/mol. The number of hydrogen-bond donors (Lipinski definition) is 1. The topological polar surface area (TPSA) is 23.5 Å². The molecule has 0 aromatic rings. The fourth-order valence-corrected chi connectivity index (χ4v) is 0.666. The van der Waals surface area contributed by atoms with Crippen LogP contribution in [0.15, 0.2) is 0 Å². The minimum atomic E-state index is -0.0324. The molecule has 0 aliphatic carbocycles. The van der Waals surface area contributed by atoms with Gasteiger partial charge in [-0.1, -0.05) is 0 Å². The summed E-state index contributed by atoms with van der Waals surface area (Å²) in [6.45, 7) is 1.72. The molecular weight excluding hydrogens is 101 g/mol. The van der Waals surface area contributed by atoms with Crippen LogP contribution in [0.25, 0.3) is 0 Å². The van der Waals surface area contributed by atoms with Gasteiger partial charge in [-0.05, 0) is 7.05 Å². The van der Waals surface area contributed by atoms with Gasteiger partial charge in [0, 0.05) is 13.1 Å². The van der Waals surface area contributed by atoms with Crippen LogP contribution in [0.3, 0.4) is 0 Å². The van der Waals surface area contributed by atoms with E-state index >= 15 is 0 Å². The first-order valence-electron chi connectivity index (χ1n) is 2.15. The first-order chi connectivity index (χ1) is 2.79. The van der Waals surface area contributed by atoms with E-state index in [2.05, 4.69) is 4.90 Å². The summed E-state index contributed by atoms with van der Waals surface area (Å²) in [6, 6.07) is 0. The zero-order valence-electron chi connectivity index (χ0n) is 3.89. The number of hydrogen-bond acceptors (Lipinski definition) is 2. The van der Waals surface area contributed by atoms with Crippen LogP contribution < -0.4 is 0 Å². The second-order valence-electron chi connectivity index (χ2n) is 1.88. The Morgan fingerprint density at radius 2 is 2.00 bits per heavy atom. The van der Waals surface area contributed by atoms with E-state index in [-0.39, 0.29) is 35.7 Å². The van der Waals surface area contributed by atoms with Crippen molar-refractivity contribution in [2.24, 2.45) is 0 Å². The summed E-state index contributed by atoms with van der Waals surface area (Å²) < 4.78 is 0. The van der Waals surface area contributed by atoms with Crippen molar-refractivity contribution in [1.82, 2.24) is 4.90 Å². The van der Waals surface area contributed by atoms with Gasteiger partial charge < -0.3 is 10.0 Å². The van der Waals surface area contributed by atoms with Crippen molar-refractivity contribution in [2.75, 3.05) is 20.1 Å². The third-order valence-electron chi connectivity index (χ3n) is 1.04. The number of likely N-dealkylation sites (N-methyl/N-ethyl adjacent to an activating group) is 1. The van der Waals surface area contributed by atoms with Gasteiger partial charge in [-0.3, -0.25) is 0 Å². The maximum absolute atomic E-state index is 8.58. The summed E-state index contributed by atoms with van der Waals surface area (Å²) in [7, 11) is 1.99. The second kappa shape index (κ2) is 3.05. The van der Waals surface area contributed by atoms with Crippen LogP contribution in [-0.2, 0) is 0 Å². The van der Waals surface area contributed by atoms with E-state index < -0.39 is 0 Å². The van der Waals surface area contributed by atoms with Crippen LogP contribution in [0.5, 0.6) is 0 Å². The van der Waals surface area contributed by atoms with Crippen molar-refractivity contribution >= 4 is 29.6 Å². The van der Waals surface area contributed by atoms with Gasteiger partial charge in [-0.2, -0.15) is 0 Å². The monoisotopic (exact) mass is 111 g/mol. The fraction of sp³-hybridized carbons (Fsp3) is 1.00. The number of nitrogens with zero attached hydrogens (tertiary/aromatic N) is 1. The van der Waals surface area contributed by atoms with Gasteiger partial charge in [0.15, 0.2) is 0 Å². The fourth-order valence-electron chi connectivity index (χ4n) is 0.666. The molecule has 0 amide bonds. The minimum absolute atomic E-state index is 0. The zero-order chi connectivity index (χ0) is 4.57. The second-order valence-corrected chi connectivity index (χ2v) is 1.88.